The lowest BCUT2D eigenvalue weighted by atomic mass is 9.87. The molecule has 0 aromatic heterocycles. The van der Waals surface area contributed by atoms with Crippen molar-refractivity contribution in [2.45, 2.75) is 57.4 Å². The van der Waals surface area contributed by atoms with E-state index in [0.717, 1.165) is 25.7 Å². The summed E-state index contributed by atoms with van der Waals surface area (Å²) in [5.74, 6) is -1.08. The van der Waals surface area contributed by atoms with Gasteiger partial charge in [0.2, 0.25) is 0 Å². The first-order valence-electron chi connectivity index (χ1n) is 7.49. The molecule has 0 bridgehead atoms. The fourth-order valence-corrected chi connectivity index (χ4v) is 4.57. The first-order valence-corrected chi connectivity index (χ1v) is 8.93. The van der Waals surface area contributed by atoms with Crippen LogP contribution in [-0.4, -0.2) is 42.9 Å². The summed E-state index contributed by atoms with van der Waals surface area (Å²) in [5, 5.41) is 8.95. The lowest BCUT2D eigenvalue weighted by Crippen LogP contribution is -2.47. The summed E-state index contributed by atoms with van der Waals surface area (Å²) < 4.78 is 28.9. The van der Waals surface area contributed by atoms with Gasteiger partial charge in [-0.1, -0.05) is 12.8 Å². The number of aliphatic carboxylic acids is 1. The Kier molecular flexibility index (Phi) is 5.40. The van der Waals surface area contributed by atoms with Crippen LogP contribution in [0.25, 0.3) is 0 Å². The second kappa shape index (κ2) is 6.87. The number of nitrogens with zero attached hydrogens (tertiary/aromatic N) is 1. The van der Waals surface area contributed by atoms with E-state index >= 15 is 0 Å². The molecule has 0 amide bonds. The van der Waals surface area contributed by atoms with Crippen molar-refractivity contribution in [2.75, 3.05) is 13.1 Å². The van der Waals surface area contributed by atoms with Gasteiger partial charge in [-0.3, -0.25) is 4.79 Å². The van der Waals surface area contributed by atoms with Crippen LogP contribution in [0.1, 0.15) is 51.4 Å². The molecule has 1 heterocycles. The van der Waals surface area contributed by atoms with Gasteiger partial charge in [0.25, 0.3) is 10.2 Å². The molecule has 2 rings (SSSR count). The number of carboxylic acids is 1. The molecule has 2 fully saturated rings. The highest BCUT2D eigenvalue weighted by atomic mass is 32.2. The van der Waals surface area contributed by atoms with E-state index < -0.39 is 16.2 Å². The summed E-state index contributed by atoms with van der Waals surface area (Å²) in [7, 11) is -3.41. The van der Waals surface area contributed by atoms with Crippen LogP contribution in [0.5, 0.6) is 0 Å². The van der Waals surface area contributed by atoms with Gasteiger partial charge in [0, 0.05) is 19.1 Å². The first kappa shape index (κ1) is 15.7. The van der Waals surface area contributed by atoms with Gasteiger partial charge < -0.3 is 5.11 Å². The molecule has 2 N–H and O–H groups in total. The van der Waals surface area contributed by atoms with Crippen molar-refractivity contribution >= 4 is 16.2 Å². The number of carbonyl (C=O) groups is 1. The molecular formula is C13H24N2O4S. The number of carboxylic acid groups (broad SMARTS) is 1. The average Bonchev–Trinajstić information content (AvgIpc) is 2.68. The van der Waals surface area contributed by atoms with E-state index in [0.29, 0.717) is 38.8 Å². The number of hydrogen-bond donors (Lipinski definition) is 2. The molecule has 116 valence electrons. The Labute approximate surface area is 120 Å². The smallest absolute Gasteiger partial charge is 0.306 e. The molecule has 1 saturated carbocycles. The van der Waals surface area contributed by atoms with Gasteiger partial charge >= 0.3 is 5.97 Å². The Hall–Kier alpha value is -0.660. The standard InChI is InChI=1S/C13H24N2O4S/c16-13(17)11-5-7-12(8-6-11)14-20(18,19)15-9-3-1-2-4-10-15/h11-12,14H,1-10H2,(H,16,17). The molecule has 20 heavy (non-hydrogen) atoms. The zero-order valence-corrected chi connectivity index (χ0v) is 12.6. The highest BCUT2D eigenvalue weighted by Gasteiger charge is 2.30. The summed E-state index contributed by atoms with van der Waals surface area (Å²) >= 11 is 0. The van der Waals surface area contributed by atoms with Gasteiger partial charge in [-0.25, -0.2) is 0 Å². The van der Waals surface area contributed by atoms with Crippen molar-refractivity contribution in [3.8, 4) is 0 Å². The van der Waals surface area contributed by atoms with Crippen molar-refractivity contribution in [1.29, 1.82) is 0 Å². The molecule has 0 aromatic rings. The minimum atomic E-state index is -3.41. The third-order valence-corrected chi connectivity index (χ3v) is 5.97. The van der Waals surface area contributed by atoms with Crippen molar-refractivity contribution in [1.82, 2.24) is 9.03 Å². The second-order valence-electron chi connectivity index (χ2n) is 5.82. The monoisotopic (exact) mass is 304 g/mol. The van der Waals surface area contributed by atoms with E-state index in [4.69, 9.17) is 5.11 Å². The molecule has 1 saturated heterocycles. The average molecular weight is 304 g/mol. The largest absolute Gasteiger partial charge is 0.481 e. The van der Waals surface area contributed by atoms with Crippen LogP contribution >= 0.6 is 0 Å². The number of hydrogen-bond acceptors (Lipinski definition) is 3. The number of rotatable bonds is 4. The van der Waals surface area contributed by atoms with Crippen LogP contribution in [0, 0.1) is 5.92 Å². The molecule has 1 aliphatic carbocycles. The fourth-order valence-electron chi connectivity index (χ4n) is 3.03. The van der Waals surface area contributed by atoms with Gasteiger partial charge in [-0.2, -0.15) is 17.4 Å². The minimum absolute atomic E-state index is 0.112. The van der Waals surface area contributed by atoms with Gasteiger partial charge in [0.1, 0.15) is 0 Å². The summed E-state index contributed by atoms with van der Waals surface area (Å²) in [6.45, 7) is 1.19. The van der Waals surface area contributed by atoms with Crippen LogP contribution in [0.15, 0.2) is 0 Å². The lowest BCUT2D eigenvalue weighted by Gasteiger charge is -2.29. The summed E-state index contributed by atoms with van der Waals surface area (Å²) in [6.07, 6.45) is 6.38. The predicted molar refractivity (Wildman–Crippen MR) is 75.5 cm³/mol. The Morgan fingerprint density at radius 1 is 1.00 bits per heavy atom. The van der Waals surface area contributed by atoms with E-state index in [1.54, 1.807) is 4.31 Å². The van der Waals surface area contributed by atoms with Crippen LogP contribution in [0.3, 0.4) is 0 Å². The highest BCUT2D eigenvalue weighted by molar-refractivity contribution is 7.87. The lowest BCUT2D eigenvalue weighted by molar-refractivity contribution is -0.142. The molecular weight excluding hydrogens is 280 g/mol. The third-order valence-electron chi connectivity index (χ3n) is 4.30. The maximum atomic E-state index is 12.3. The SMILES string of the molecule is O=C(O)C1CCC(NS(=O)(=O)N2CCCCCC2)CC1. The zero-order valence-electron chi connectivity index (χ0n) is 11.8. The molecule has 0 unspecified atom stereocenters. The zero-order chi connectivity index (χ0) is 14.6. The van der Waals surface area contributed by atoms with Crippen molar-refractivity contribution < 1.29 is 18.3 Å². The number of nitrogens with one attached hydrogen (secondary N) is 1. The molecule has 0 radical (unpaired) electrons. The van der Waals surface area contributed by atoms with E-state index in [1.165, 1.54) is 0 Å². The molecule has 6 nitrogen and oxygen atoms in total. The maximum Gasteiger partial charge on any atom is 0.306 e. The van der Waals surface area contributed by atoms with Crippen LogP contribution in [0.4, 0.5) is 0 Å². The van der Waals surface area contributed by atoms with Crippen LogP contribution < -0.4 is 4.72 Å². The predicted octanol–water partition coefficient (Wildman–Crippen LogP) is 1.34. The molecule has 7 heteroatoms. The summed E-state index contributed by atoms with van der Waals surface area (Å²) in [5.41, 5.74) is 0. The Bertz CT molecular complexity index is 422. The van der Waals surface area contributed by atoms with E-state index in [9.17, 15) is 13.2 Å². The quantitative estimate of drug-likeness (QED) is 0.820. The third kappa shape index (κ3) is 4.17. The summed E-state index contributed by atoms with van der Waals surface area (Å²) in [6, 6.07) is -0.112. The van der Waals surface area contributed by atoms with E-state index in [1.807, 2.05) is 0 Å². The van der Waals surface area contributed by atoms with Gasteiger partial charge in [-0.05, 0) is 38.5 Å². The van der Waals surface area contributed by atoms with E-state index in [-0.39, 0.29) is 12.0 Å². The second-order valence-corrected chi connectivity index (χ2v) is 7.53. The minimum Gasteiger partial charge on any atom is -0.481 e. The van der Waals surface area contributed by atoms with Crippen molar-refractivity contribution in [3.63, 3.8) is 0 Å². The Morgan fingerprint density at radius 2 is 1.55 bits per heavy atom. The molecule has 0 atom stereocenters. The maximum absolute atomic E-state index is 12.3. The Balaban J connectivity index is 1.87. The van der Waals surface area contributed by atoms with Crippen molar-refractivity contribution in [2.24, 2.45) is 5.92 Å². The highest BCUT2D eigenvalue weighted by Crippen LogP contribution is 2.25. The first-order chi connectivity index (χ1) is 9.49. The van der Waals surface area contributed by atoms with Gasteiger partial charge in [0.05, 0.1) is 5.92 Å². The van der Waals surface area contributed by atoms with Crippen LogP contribution in [0.2, 0.25) is 0 Å². The normalized spacial score (nSPS) is 29.8. The topological polar surface area (TPSA) is 86.7 Å². The summed E-state index contributed by atoms with van der Waals surface area (Å²) in [4.78, 5) is 10.9. The fraction of sp³-hybridized carbons (Fsp3) is 0.923. The van der Waals surface area contributed by atoms with Crippen LogP contribution in [-0.2, 0) is 15.0 Å². The molecule has 1 aliphatic heterocycles. The molecule has 2 aliphatic rings. The van der Waals surface area contributed by atoms with Gasteiger partial charge in [-0.15, -0.1) is 0 Å². The van der Waals surface area contributed by atoms with Crippen molar-refractivity contribution in [3.05, 3.63) is 0 Å². The molecule has 0 spiro atoms. The Morgan fingerprint density at radius 3 is 2.05 bits per heavy atom. The van der Waals surface area contributed by atoms with Gasteiger partial charge in [0.15, 0.2) is 0 Å². The molecule has 0 aromatic carbocycles. The van der Waals surface area contributed by atoms with E-state index in [2.05, 4.69) is 4.72 Å².